The Morgan fingerprint density at radius 1 is 0.543 bits per heavy atom. The lowest BCUT2D eigenvalue weighted by atomic mass is 10.1. The summed E-state index contributed by atoms with van der Waals surface area (Å²) in [5.74, 6) is -0.0254. The fourth-order valence-corrected chi connectivity index (χ4v) is 8.57. The van der Waals surface area contributed by atoms with Gasteiger partial charge in [0.1, 0.15) is 0 Å². The maximum absolute atomic E-state index is 13.7. The highest BCUT2D eigenvalue weighted by atomic mass is 33.1. The molecular weight excluding hydrogens is 609 g/mol. The summed E-state index contributed by atoms with van der Waals surface area (Å²) in [6.45, 7) is 0.937. The number of carbonyl (C=O) groups excluding carboxylic acids is 2. The third-order valence-corrected chi connectivity index (χ3v) is 11.4. The van der Waals surface area contributed by atoms with E-state index in [9.17, 15) is 9.59 Å². The van der Waals surface area contributed by atoms with E-state index in [1.54, 1.807) is 0 Å². The van der Waals surface area contributed by atoms with Crippen LogP contribution in [0.25, 0.3) is 21.8 Å². The third-order valence-electron chi connectivity index (χ3n) is 8.19. The first-order valence-electron chi connectivity index (χ1n) is 15.7. The van der Waals surface area contributed by atoms with Crippen molar-refractivity contribution in [1.29, 1.82) is 0 Å². The average molecular weight is 647 g/mol. The predicted molar refractivity (Wildman–Crippen MR) is 193 cm³/mol. The zero-order valence-electron chi connectivity index (χ0n) is 25.6. The number of aromatic amines is 2. The first-order valence-corrected chi connectivity index (χ1v) is 18.0. The van der Waals surface area contributed by atoms with Crippen LogP contribution in [0, 0.1) is 0 Å². The topological polar surface area (TPSA) is 89.8 Å². The minimum atomic E-state index is -0.333. The van der Waals surface area contributed by atoms with Crippen LogP contribution in [0.3, 0.4) is 0 Å². The Morgan fingerprint density at radius 3 is 1.37 bits per heavy atom. The molecule has 8 heteroatoms. The van der Waals surface area contributed by atoms with Gasteiger partial charge in [0.2, 0.25) is 11.8 Å². The molecule has 0 saturated carbocycles. The molecule has 0 fully saturated rings. The molecule has 0 bridgehead atoms. The van der Waals surface area contributed by atoms with Crippen molar-refractivity contribution in [3.05, 3.63) is 144 Å². The number of nitrogens with one attached hydrogen (secondary N) is 4. The van der Waals surface area contributed by atoms with Crippen molar-refractivity contribution < 1.29 is 9.59 Å². The SMILES string of the molecule is O=C(NCc1ccccc1)C(CCc1c[nH]c2ccccc12)SSC(CCc1c[nH]c2ccccc12)C(=O)NCc1ccccc1. The van der Waals surface area contributed by atoms with E-state index in [0.717, 1.165) is 35.0 Å². The van der Waals surface area contributed by atoms with Crippen LogP contribution >= 0.6 is 21.6 Å². The Hall–Kier alpha value is -4.40. The summed E-state index contributed by atoms with van der Waals surface area (Å²) in [6, 6.07) is 36.4. The number of benzene rings is 4. The molecule has 0 saturated heterocycles. The lowest BCUT2D eigenvalue weighted by Gasteiger charge is -2.20. The van der Waals surface area contributed by atoms with E-state index in [-0.39, 0.29) is 22.3 Å². The third kappa shape index (κ3) is 8.24. The number of hydrogen-bond donors (Lipinski definition) is 4. The molecule has 4 N–H and O–H groups in total. The zero-order chi connectivity index (χ0) is 31.6. The predicted octanol–water partition coefficient (Wildman–Crippen LogP) is 7.97. The molecule has 2 unspecified atom stereocenters. The molecule has 6 aromatic rings. The number of fused-ring (bicyclic) bond motifs is 2. The Labute approximate surface area is 277 Å². The number of H-pyrrole nitrogens is 2. The summed E-state index contributed by atoms with van der Waals surface area (Å²) < 4.78 is 0. The molecule has 6 rings (SSSR count). The monoisotopic (exact) mass is 646 g/mol. The van der Waals surface area contributed by atoms with E-state index < -0.39 is 0 Å². The Balaban J connectivity index is 1.16. The molecule has 2 atom stereocenters. The van der Waals surface area contributed by atoms with E-state index in [4.69, 9.17) is 0 Å². The van der Waals surface area contributed by atoms with Gasteiger partial charge in [0.05, 0.1) is 10.5 Å². The van der Waals surface area contributed by atoms with Gasteiger partial charge in [-0.25, -0.2) is 0 Å². The minimum absolute atomic E-state index is 0.0127. The van der Waals surface area contributed by atoms with E-state index in [1.165, 1.54) is 43.5 Å². The number of carbonyl (C=O) groups is 2. The van der Waals surface area contributed by atoms with Gasteiger partial charge in [0.25, 0.3) is 0 Å². The number of para-hydroxylation sites is 2. The van der Waals surface area contributed by atoms with Gasteiger partial charge in [-0.2, -0.15) is 0 Å². The average Bonchev–Trinajstić information content (AvgIpc) is 3.72. The Bertz CT molecular complexity index is 1730. The van der Waals surface area contributed by atoms with Gasteiger partial charge in [0.15, 0.2) is 0 Å². The lowest BCUT2D eigenvalue weighted by molar-refractivity contribution is -0.121. The molecule has 0 spiro atoms. The van der Waals surface area contributed by atoms with Crippen molar-refractivity contribution in [3.63, 3.8) is 0 Å². The van der Waals surface area contributed by atoms with Gasteiger partial charge < -0.3 is 20.6 Å². The molecule has 0 aliphatic heterocycles. The van der Waals surface area contributed by atoms with Crippen LogP contribution in [0.2, 0.25) is 0 Å². The highest BCUT2D eigenvalue weighted by Gasteiger charge is 2.26. The van der Waals surface area contributed by atoms with Crippen molar-refractivity contribution in [1.82, 2.24) is 20.6 Å². The molecule has 0 radical (unpaired) electrons. The van der Waals surface area contributed by atoms with Crippen LogP contribution in [-0.2, 0) is 35.5 Å². The number of aryl methyl sites for hydroxylation is 2. The highest BCUT2D eigenvalue weighted by Crippen LogP contribution is 2.37. The Kier molecular flexibility index (Phi) is 10.8. The normalized spacial score (nSPS) is 12.6. The summed E-state index contributed by atoms with van der Waals surface area (Å²) >= 11 is 0. The number of rotatable bonds is 15. The molecule has 2 aromatic heterocycles. The van der Waals surface area contributed by atoms with Crippen LogP contribution in [0.4, 0.5) is 0 Å². The number of aromatic nitrogens is 2. The van der Waals surface area contributed by atoms with Crippen molar-refractivity contribution in [2.24, 2.45) is 0 Å². The van der Waals surface area contributed by atoms with E-state index in [2.05, 4.69) is 44.9 Å². The summed E-state index contributed by atoms with van der Waals surface area (Å²) in [7, 11) is 3.03. The zero-order valence-corrected chi connectivity index (χ0v) is 27.2. The fraction of sp³-hybridized carbons (Fsp3) is 0.211. The summed E-state index contributed by atoms with van der Waals surface area (Å²) in [5, 5.41) is 8.00. The largest absolute Gasteiger partial charge is 0.361 e. The fourth-order valence-electron chi connectivity index (χ4n) is 5.63. The maximum atomic E-state index is 13.7. The molecule has 2 heterocycles. The first kappa shape index (κ1) is 31.6. The second-order valence-corrected chi connectivity index (χ2v) is 14.1. The maximum Gasteiger partial charge on any atom is 0.234 e. The van der Waals surface area contributed by atoms with Gasteiger partial charge in [-0.3, -0.25) is 9.59 Å². The first-order chi connectivity index (χ1) is 22.6. The van der Waals surface area contributed by atoms with Gasteiger partial charge in [-0.15, -0.1) is 0 Å². The molecule has 6 nitrogen and oxygen atoms in total. The van der Waals surface area contributed by atoms with Gasteiger partial charge >= 0.3 is 0 Å². The van der Waals surface area contributed by atoms with Crippen LogP contribution in [-0.4, -0.2) is 32.3 Å². The number of hydrogen-bond acceptors (Lipinski definition) is 4. The smallest absolute Gasteiger partial charge is 0.234 e. The van der Waals surface area contributed by atoms with Crippen molar-refractivity contribution in [2.75, 3.05) is 0 Å². The molecule has 234 valence electrons. The van der Waals surface area contributed by atoms with Crippen molar-refractivity contribution in [2.45, 2.75) is 49.3 Å². The van der Waals surface area contributed by atoms with Crippen LogP contribution < -0.4 is 10.6 Å². The van der Waals surface area contributed by atoms with Crippen LogP contribution in [0.1, 0.15) is 35.1 Å². The van der Waals surface area contributed by atoms with Crippen molar-refractivity contribution >= 4 is 55.2 Å². The van der Waals surface area contributed by atoms with E-state index >= 15 is 0 Å². The highest BCUT2D eigenvalue weighted by molar-refractivity contribution is 8.77. The van der Waals surface area contributed by atoms with E-state index in [0.29, 0.717) is 25.9 Å². The molecule has 0 aliphatic carbocycles. The molecule has 0 aliphatic rings. The quantitative estimate of drug-likeness (QED) is 0.0853. The second kappa shape index (κ2) is 15.7. The molecule has 46 heavy (non-hydrogen) atoms. The molecule has 2 amide bonds. The van der Waals surface area contributed by atoms with E-state index in [1.807, 2.05) is 97.3 Å². The summed E-state index contributed by atoms with van der Waals surface area (Å²) in [6.07, 6.45) is 6.90. The lowest BCUT2D eigenvalue weighted by Crippen LogP contribution is -2.34. The number of amides is 2. The summed E-state index contributed by atoms with van der Waals surface area (Å²) in [5.41, 5.74) is 6.69. The second-order valence-electron chi connectivity index (χ2n) is 11.4. The summed E-state index contributed by atoms with van der Waals surface area (Å²) in [4.78, 5) is 34.0. The molecular formula is C38H38N4O2S2. The van der Waals surface area contributed by atoms with Crippen LogP contribution in [0.15, 0.2) is 122 Å². The van der Waals surface area contributed by atoms with Crippen LogP contribution in [0.5, 0.6) is 0 Å². The standard InChI is InChI=1S/C38H38N4O2S2/c43-37(41-23-27-11-3-1-4-12-27)35(21-19-29-25-39-33-17-9-7-15-31(29)33)45-46-36(38(44)42-24-28-13-5-2-6-14-28)22-20-30-26-40-34-18-10-8-16-32(30)34/h1-18,25-26,35-36,39-40H,19-24H2,(H,41,43)(H,42,44). The van der Waals surface area contributed by atoms with Crippen molar-refractivity contribution in [3.8, 4) is 0 Å². The Morgan fingerprint density at radius 2 is 0.935 bits per heavy atom. The minimum Gasteiger partial charge on any atom is -0.361 e. The van der Waals surface area contributed by atoms with Gasteiger partial charge in [0, 0.05) is 47.3 Å². The molecule has 4 aromatic carbocycles. The van der Waals surface area contributed by atoms with Gasteiger partial charge in [-0.1, -0.05) is 119 Å². The van der Waals surface area contributed by atoms with Gasteiger partial charge in [-0.05, 0) is 60.1 Å².